The number of hydrogen-bond donors (Lipinski definition) is 0. The lowest BCUT2D eigenvalue weighted by molar-refractivity contribution is 0.538. The minimum atomic E-state index is 0.734. The van der Waals surface area contributed by atoms with Crippen LogP contribution in [-0.2, 0) is 0 Å². The predicted molar refractivity (Wildman–Crippen MR) is 49.1 cm³/mol. The van der Waals surface area contributed by atoms with Crippen molar-refractivity contribution in [2.45, 2.75) is 0 Å². The molecule has 0 atom stereocenters. The van der Waals surface area contributed by atoms with E-state index >= 15 is 0 Å². The average Bonchev–Trinajstić information content (AvgIpc) is 2.74. The van der Waals surface area contributed by atoms with Crippen molar-refractivity contribution < 1.29 is 4.42 Å². The molecule has 4 nitrogen and oxygen atoms in total. The highest BCUT2D eigenvalue weighted by Gasteiger charge is 2.02. The molecule has 1 aliphatic heterocycles. The second kappa shape index (κ2) is 3.44. The fourth-order valence-corrected chi connectivity index (χ4v) is 1.28. The van der Waals surface area contributed by atoms with Crippen LogP contribution >= 0.6 is 11.9 Å². The number of nitrogens with zero attached hydrogens (tertiary/aromatic N) is 3. The Balaban J connectivity index is 1.98. The van der Waals surface area contributed by atoms with E-state index in [1.54, 1.807) is 17.0 Å². The maximum Gasteiger partial charge on any atom is 0.146 e. The molecule has 0 radical (unpaired) electrons. The summed E-state index contributed by atoms with van der Waals surface area (Å²) in [5, 5.41) is 8.01. The van der Waals surface area contributed by atoms with Crippen molar-refractivity contribution in [2.24, 2.45) is 10.2 Å². The molecule has 62 valence electrons. The third-order valence-corrected chi connectivity index (χ3v) is 1.99. The number of furan rings is 1. The Bertz CT molecular complexity index is 294. The highest BCUT2D eigenvalue weighted by Crippen LogP contribution is 2.14. The molecular weight excluding hydrogens is 174 g/mol. The number of rotatable bonds is 2. The lowest BCUT2D eigenvalue weighted by Gasteiger charge is -2.00. The Hall–Kier alpha value is -1.23. The van der Waals surface area contributed by atoms with Crippen molar-refractivity contribution in [1.82, 2.24) is 4.52 Å². The Morgan fingerprint density at radius 3 is 3.42 bits per heavy atom. The molecule has 0 aromatic carbocycles. The summed E-state index contributed by atoms with van der Waals surface area (Å²) in [7, 11) is 0. The summed E-state index contributed by atoms with van der Waals surface area (Å²) in [6.07, 6.45) is 5.06. The normalized spacial score (nSPS) is 16.5. The van der Waals surface area contributed by atoms with Crippen LogP contribution in [0.3, 0.4) is 0 Å². The highest BCUT2D eigenvalue weighted by atomic mass is 32.2. The van der Waals surface area contributed by atoms with Gasteiger partial charge in [0, 0.05) is 18.2 Å². The van der Waals surface area contributed by atoms with Gasteiger partial charge in [-0.1, -0.05) is 0 Å². The van der Waals surface area contributed by atoms with Crippen LogP contribution in [0.2, 0.25) is 0 Å². The Morgan fingerprint density at radius 2 is 2.75 bits per heavy atom. The summed E-state index contributed by atoms with van der Waals surface area (Å²) < 4.78 is 6.61. The zero-order valence-electron chi connectivity index (χ0n) is 6.25. The molecule has 5 heteroatoms. The van der Waals surface area contributed by atoms with Crippen LogP contribution in [0.25, 0.3) is 0 Å². The van der Waals surface area contributed by atoms with E-state index < -0.39 is 0 Å². The molecule has 1 aliphatic rings. The van der Waals surface area contributed by atoms with E-state index in [0.29, 0.717) is 0 Å². The molecule has 0 unspecified atom stereocenters. The summed E-state index contributed by atoms with van der Waals surface area (Å²) in [4.78, 5) is 0. The lowest BCUT2D eigenvalue weighted by atomic mass is 10.5. The van der Waals surface area contributed by atoms with Crippen LogP contribution < -0.4 is 0 Å². The molecule has 2 rings (SSSR count). The van der Waals surface area contributed by atoms with E-state index in [9.17, 15) is 0 Å². The quantitative estimate of drug-likeness (QED) is 0.513. The summed E-state index contributed by atoms with van der Waals surface area (Å²) >= 11 is 1.54. The minimum absolute atomic E-state index is 0.734. The molecule has 0 N–H and O–H groups in total. The largest absolute Gasteiger partial charge is 0.463 e. The van der Waals surface area contributed by atoms with Gasteiger partial charge in [-0.2, -0.15) is 5.10 Å². The van der Waals surface area contributed by atoms with Crippen molar-refractivity contribution in [1.29, 1.82) is 0 Å². The lowest BCUT2D eigenvalue weighted by Crippen LogP contribution is -1.93. The highest BCUT2D eigenvalue weighted by molar-refractivity contribution is 7.97. The summed E-state index contributed by atoms with van der Waals surface area (Å²) in [6.45, 7) is 0. The van der Waals surface area contributed by atoms with Crippen LogP contribution in [-0.4, -0.2) is 22.7 Å². The summed E-state index contributed by atoms with van der Waals surface area (Å²) in [6, 6.07) is 3.66. The first kappa shape index (κ1) is 7.42. The van der Waals surface area contributed by atoms with Gasteiger partial charge < -0.3 is 4.42 Å². The monoisotopic (exact) mass is 181 g/mol. The molecule has 0 spiro atoms. The van der Waals surface area contributed by atoms with E-state index in [0.717, 1.165) is 11.5 Å². The van der Waals surface area contributed by atoms with Crippen molar-refractivity contribution in [3.8, 4) is 0 Å². The second-order valence-corrected chi connectivity index (χ2v) is 3.02. The van der Waals surface area contributed by atoms with E-state index in [1.807, 2.05) is 18.3 Å². The molecule has 0 saturated carbocycles. The summed E-state index contributed by atoms with van der Waals surface area (Å²) in [5.41, 5.74) is 0. The molecule has 0 fully saturated rings. The fourth-order valence-electron chi connectivity index (χ4n) is 0.771. The zero-order chi connectivity index (χ0) is 8.23. The first-order chi connectivity index (χ1) is 5.95. The minimum Gasteiger partial charge on any atom is -0.463 e. The van der Waals surface area contributed by atoms with Crippen LogP contribution in [0.15, 0.2) is 33.0 Å². The van der Waals surface area contributed by atoms with E-state index in [4.69, 9.17) is 4.42 Å². The maximum atomic E-state index is 5.06. The van der Waals surface area contributed by atoms with E-state index in [-0.39, 0.29) is 0 Å². The van der Waals surface area contributed by atoms with E-state index in [1.165, 1.54) is 11.9 Å². The van der Waals surface area contributed by atoms with Crippen LogP contribution in [0.4, 0.5) is 0 Å². The molecule has 12 heavy (non-hydrogen) atoms. The van der Waals surface area contributed by atoms with Gasteiger partial charge in [-0.15, -0.1) is 9.62 Å². The smallest absolute Gasteiger partial charge is 0.146 e. The third-order valence-electron chi connectivity index (χ3n) is 1.27. The first-order valence-corrected chi connectivity index (χ1v) is 4.42. The number of hydrogen-bond acceptors (Lipinski definition) is 5. The Kier molecular flexibility index (Phi) is 2.13. The predicted octanol–water partition coefficient (Wildman–Crippen LogP) is 1.56. The van der Waals surface area contributed by atoms with Gasteiger partial charge in [0.05, 0.1) is 18.2 Å². The molecule has 0 amide bonds. The average molecular weight is 181 g/mol. The van der Waals surface area contributed by atoms with Crippen molar-refractivity contribution in [3.63, 3.8) is 0 Å². The van der Waals surface area contributed by atoms with Crippen LogP contribution in [0, 0.1) is 0 Å². The van der Waals surface area contributed by atoms with Crippen molar-refractivity contribution >= 4 is 24.4 Å². The zero-order valence-corrected chi connectivity index (χ0v) is 7.07. The van der Waals surface area contributed by atoms with Gasteiger partial charge in [0.15, 0.2) is 0 Å². The fraction of sp³-hybridized carbons (Fsp3) is 0.143. The molecule has 1 aromatic rings. The number of hydrazone groups is 2. The third kappa shape index (κ3) is 1.68. The van der Waals surface area contributed by atoms with Gasteiger partial charge in [-0.05, 0) is 12.1 Å². The molecule has 1 aromatic heterocycles. The second-order valence-electron chi connectivity index (χ2n) is 2.11. The van der Waals surface area contributed by atoms with Gasteiger partial charge in [-0.3, -0.25) is 0 Å². The van der Waals surface area contributed by atoms with Gasteiger partial charge in [-0.25, -0.2) is 0 Å². The molecule has 0 bridgehead atoms. The maximum absolute atomic E-state index is 5.06. The molecular formula is C7H7N3OS. The van der Waals surface area contributed by atoms with Crippen LogP contribution in [0.5, 0.6) is 0 Å². The van der Waals surface area contributed by atoms with Gasteiger partial charge in [0.1, 0.15) is 5.76 Å². The standard InChI is InChI=1S/C7H7N3OS/c1-2-7(11-4-1)6-9-10-8-3-5-12-10/h1-4,6H,5H2. The van der Waals surface area contributed by atoms with Crippen molar-refractivity contribution in [3.05, 3.63) is 24.2 Å². The Labute approximate surface area is 74.1 Å². The van der Waals surface area contributed by atoms with Gasteiger partial charge in [0.25, 0.3) is 0 Å². The van der Waals surface area contributed by atoms with Crippen molar-refractivity contribution in [2.75, 3.05) is 5.75 Å². The first-order valence-electron chi connectivity index (χ1n) is 3.48. The van der Waals surface area contributed by atoms with E-state index in [2.05, 4.69) is 10.2 Å². The molecule has 2 heterocycles. The van der Waals surface area contributed by atoms with Gasteiger partial charge >= 0.3 is 0 Å². The molecule has 0 aliphatic carbocycles. The SMILES string of the molecule is C1=NN(N=Cc2ccco2)SC1. The van der Waals surface area contributed by atoms with Gasteiger partial charge in [0.2, 0.25) is 0 Å². The topological polar surface area (TPSA) is 41.1 Å². The Morgan fingerprint density at radius 1 is 1.75 bits per heavy atom. The summed E-state index contributed by atoms with van der Waals surface area (Å²) in [5.74, 6) is 1.62. The molecule has 0 saturated heterocycles. The van der Waals surface area contributed by atoms with Crippen LogP contribution in [0.1, 0.15) is 5.76 Å².